The van der Waals surface area contributed by atoms with Crippen LogP contribution in [0.3, 0.4) is 0 Å². The van der Waals surface area contributed by atoms with Gasteiger partial charge in [-0.3, -0.25) is 4.98 Å². The Morgan fingerprint density at radius 3 is 2.61 bits per heavy atom. The van der Waals surface area contributed by atoms with Crippen LogP contribution in [-0.4, -0.2) is 19.9 Å². The zero-order valence-electron chi connectivity index (χ0n) is 12.1. The van der Waals surface area contributed by atoms with Crippen LogP contribution in [0.2, 0.25) is 0 Å². The number of fused-ring (bicyclic) bond motifs is 1. The second-order valence-electron chi connectivity index (χ2n) is 4.89. The fraction of sp³-hybridized carbons (Fsp3) is 0.0588. The minimum Gasteiger partial charge on any atom is -0.459 e. The molecule has 0 aliphatic heterocycles. The zero-order chi connectivity index (χ0) is 15.5. The molecule has 0 aliphatic rings. The molecule has 4 aromatic rings. The van der Waals surface area contributed by atoms with Gasteiger partial charge in [0, 0.05) is 35.9 Å². The molecule has 3 aromatic heterocycles. The maximum atomic E-state index is 5.56. The van der Waals surface area contributed by atoms with Gasteiger partial charge in [0.15, 0.2) is 0 Å². The van der Waals surface area contributed by atoms with E-state index in [0.717, 1.165) is 26.4 Å². The van der Waals surface area contributed by atoms with E-state index in [2.05, 4.69) is 26.0 Å². The van der Waals surface area contributed by atoms with Gasteiger partial charge < -0.3 is 4.74 Å². The molecule has 0 aliphatic carbocycles. The van der Waals surface area contributed by atoms with Crippen LogP contribution >= 0.6 is 11.3 Å². The number of thiazole rings is 1. The fourth-order valence-corrected chi connectivity index (χ4v) is 3.07. The van der Waals surface area contributed by atoms with E-state index < -0.39 is 0 Å². The molecule has 4 rings (SSSR count). The first-order valence-electron chi connectivity index (χ1n) is 7.08. The third-order valence-electron chi connectivity index (χ3n) is 3.26. The summed E-state index contributed by atoms with van der Waals surface area (Å²) in [5, 5.41) is 0.907. The van der Waals surface area contributed by atoms with E-state index in [9.17, 15) is 0 Å². The summed E-state index contributed by atoms with van der Waals surface area (Å²) in [5.74, 6) is 0. The third-order valence-corrected chi connectivity index (χ3v) is 4.35. The highest BCUT2D eigenvalue weighted by molar-refractivity contribution is 7.21. The molecule has 3 heterocycles. The van der Waals surface area contributed by atoms with E-state index >= 15 is 0 Å². The van der Waals surface area contributed by atoms with Gasteiger partial charge in [0.05, 0.1) is 10.2 Å². The zero-order valence-corrected chi connectivity index (χ0v) is 12.9. The van der Waals surface area contributed by atoms with E-state index in [4.69, 9.17) is 4.74 Å². The lowest BCUT2D eigenvalue weighted by Gasteiger charge is -2.03. The highest BCUT2D eigenvalue weighted by Gasteiger charge is 2.07. The van der Waals surface area contributed by atoms with Gasteiger partial charge in [0.25, 0.3) is 0 Å². The Hall–Kier alpha value is -2.86. The molecule has 6 heteroatoms. The van der Waals surface area contributed by atoms with E-state index in [1.807, 2.05) is 30.3 Å². The third kappa shape index (κ3) is 3.02. The number of para-hydroxylation sites is 1. The molecular weight excluding hydrogens is 308 g/mol. The molecule has 0 fully saturated rings. The summed E-state index contributed by atoms with van der Waals surface area (Å²) in [4.78, 5) is 17.1. The lowest BCUT2D eigenvalue weighted by atomic mass is 10.3. The van der Waals surface area contributed by atoms with E-state index in [1.54, 1.807) is 36.1 Å². The Morgan fingerprint density at radius 1 is 0.957 bits per heavy atom. The summed E-state index contributed by atoms with van der Waals surface area (Å²) in [6, 6.07) is 12.2. The number of benzene rings is 1. The molecule has 1 aromatic carbocycles. The molecular formula is C17H12N4OS. The summed E-state index contributed by atoms with van der Waals surface area (Å²) in [5.41, 5.74) is 2.86. The molecule has 0 saturated carbocycles. The molecule has 112 valence electrons. The van der Waals surface area contributed by atoms with Gasteiger partial charge in [0.2, 0.25) is 0 Å². The average Bonchev–Trinajstić information content (AvgIpc) is 3.05. The van der Waals surface area contributed by atoms with Gasteiger partial charge >= 0.3 is 6.01 Å². The second kappa shape index (κ2) is 6.10. The number of aromatic nitrogens is 4. The van der Waals surface area contributed by atoms with Gasteiger partial charge in [-0.15, -0.1) is 11.3 Å². The lowest BCUT2D eigenvalue weighted by molar-refractivity contribution is 0.280. The Balaban J connectivity index is 1.51. The molecule has 5 nitrogen and oxygen atoms in total. The van der Waals surface area contributed by atoms with Gasteiger partial charge in [-0.25, -0.2) is 15.0 Å². The molecule has 0 amide bonds. The molecule has 0 radical (unpaired) electrons. The van der Waals surface area contributed by atoms with Gasteiger partial charge in [-0.05, 0) is 18.2 Å². The quantitative estimate of drug-likeness (QED) is 0.573. The van der Waals surface area contributed by atoms with Crippen LogP contribution in [0.1, 0.15) is 5.56 Å². The van der Waals surface area contributed by atoms with Crippen molar-refractivity contribution >= 4 is 21.6 Å². The topological polar surface area (TPSA) is 60.8 Å². The van der Waals surface area contributed by atoms with Gasteiger partial charge in [-0.2, -0.15) is 0 Å². The number of pyridine rings is 1. The van der Waals surface area contributed by atoms with Crippen LogP contribution in [0.4, 0.5) is 0 Å². The number of hydrogen-bond acceptors (Lipinski definition) is 6. The van der Waals surface area contributed by atoms with Crippen LogP contribution < -0.4 is 4.74 Å². The first-order chi connectivity index (χ1) is 11.4. The summed E-state index contributed by atoms with van der Waals surface area (Å²) in [6.45, 7) is 0.397. The Kier molecular flexibility index (Phi) is 3.65. The Morgan fingerprint density at radius 2 is 1.83 bits per heavy atom. The highest BCUT2D eigenvalue weighted by atomic mass is 32.1. The van der Waals surface area contributed by atoms with Crippen molar-refractivity contribution in [2.24, 2.45) is 0 Å². The summed E-state index contributed by atoms with van der Waals surface area (Å²) >= 11 is 1.63. The van der Waals surface area contributed by atoms with Crippen molar-refractivity contribution in [1.29, 1.82) is 0 Å². The highest BCUT2D eigenvalue weighted by Crippen LogP contribution is 2.29. The van der Waals surface area contributed by atoms with Crippen molar-refractivity contribution in [3.05, 3.63) is 66.7 Å². The van der Waals surface area contributed by atoms with E-state index in [-0.39, 0.29) is 0 Å². The van der Waals surface area contributed by atoms with Crippen LogP contribution in [0.15, 0.2) is 61.2 Å². The lowest BCUT2D eigenvalue weighted by Crippen LogP contribution is -1.99. The minimum absolute atomic E-state index is 0.346. The molecule has 23 heavy (non-hydrogen) atoms. The maximum Gasteiger partial charge on any atom is 0.316 e. The van der Waals surface area contributed by atoms with Gasteiger partial charge in [0.1, 0.15) is 11.6 Å². The SMILES string of the molecule is c1cncc(COc2ncc(-c3nc4ccccc4s3)cn2)c1. The summed E-state index contributed by atoms with van der Waals surface area (Å²) in [7, 11) is 0. The summed E-state index contributed by atoms with van der Waals surface area (Å²) < 4.78 is 6.71. The minimum atomic E-state index is 0.346. The normalized spacial score (nSPS) is 10.8. The number of ether oxygens (including phenoxy) is 1. The fourth-order valence-electron chi connectivity index (χ4n) is 2.13. The second-order valence-corrected chi connectivity index (χ2v) is 5.92. The largest absolute Gasteiger partial charge is 0.459 e. The van der Waals surface area contributed by atoms with Crippen LogP contribution in [0, 0.1) is 0 Å². The number of rotatable bonds is 4. The number of nitrogens with zero attached hydrogens (tertiary/aromatic N) is 4. The first-order valence-corrected chi connectivity index (χ1v) is 7.90. The maximum absolute atomic E-state index is 5.56. The van der Waals surface area contributed by atoms with E-state index in [1.165, 1.54) is 0 Å². The Bertz CT molecular complexity index is 889. The van der Waals surface area contributed by atoms with Crippen LogP contribution in [0.5, 0.6) is 6.01 Å². The molecule has 0 atom stereocenters. The van der Waals surface area contributed by atoms with Crippen molar-refractivity contribution in [3.63, 3.8) is 0 Å². The molecule has 0 bridgehead atoms. The van der Waals surface area contributed by atoms with Gasteiger partial charge in [-0.1, -0.05) is 18.2 Å². The average molecular weight is 320 g/mol. The van der Waals surface area contributed by atoms with Crippen LogP contribution in [-0.2, 0) is 6.61 Å². The predicted molar refractivity (Wildman–Crippen MR) is 89.2 cm³/mol. The number of hydrogen-bond donors (Lipinski definition) is 0. The van der Waals surface area contributed by atoms with Crippen molar-refractivity contribution in [3.8, 4) is 16.6 Å². The first kappa shape index (κ1) is 13.8. The standard InChI is InChI=1S/C17H12N4OS/c1-2-6-15-14(5-1)21-16(23-15)13-9-19-17(20-10-13)22-11-12-4-3-7-18-8-12/h1-10H,11H2. The smallest absolute Gasteiger partial charge is 0.316 e. The van der Waals surface area contributed by atoms with E-state index in [0.29, 0.717) is 12.6 Å². The summed E-state index contributed by atoms with van der Waals surface area (Å²) in [6.07, 6.45) is 6.97. The molecule has 0 N–H and O–H groups in total. The van der Waals surface area contributed by atoms with Crippen molar-refractivity contribution in [1.82, 2.24) is 19.9 Å². The molecule has 0 spiro atoms. The monoisotopic (exact) mass is 320 g/mol. The predicted octanol–water partition coefficient (Wildman–Crippen LogP) is 3.73. The molecule has 0 saturated heterocycles. The van der Waals surface area contributed by atoms with Crippen molar-refractivity contribution in [2.75, 3.05) is 0 Å². The van der Waals surface area contributed by atoms with Crippen LogP contribution in [0.25, 0.3) is 20.8 Å². The van der Waals surface area contributed by atoms with Crippen molar-refractivity contribution in [2.45, 2.75) is 6.61 Å². The molecule has 0 unspecified atom stereocenters. The van der Waals surface area contributed by atoms with Crippen molar-refractivity contribution < 1.29 is 4.74 Å². The Labute approximate surface area is 136 Å².